The van der Waals surface area contributed by atoms with Crippen LogP contribution in [0.1, 0.15) is 48.0 Å². The van der Waals surface area contributed by atoms with Crippen LogP contribution in [0.3, 0.4) is 0 Å². The number of carbonyl (C=O) groups is 1. The van der Waals surface area contributed by atoms with Gasteiger partial charge in [-0.05, 0) is 49.9 Å². The van der Waals surface area contributed by atoms with Crippen molar-refractivity contribution in [3.8, 4) is 0 Å². The predicted octanol–water partition coefficient (Wildman–Crippen LogP) is 3.09. The number of piperidine rings is 1. The van der Waals surface area contributed by atoms with Crippen molar-refractivity contribution in [3.63, 3.8) is 0 Å². The van der Waals surface area contributed by atoms with E-state index in [0.717, 1.165) is 18.4 Å². The lowest BCUT2D eigenvalue weighted by Crippen LogP contribution is -2.34. The fourth-order valence-electron chi connectivity index (χ4n) is 2.73. The normalized spacial score (nSPS) is 21.4. The number of carbonyl (C=O) groups excluding carboxylic acids is 1. The first kappa shape index (κ1) is 12.3. The monoisotopic (exact) mass is 231 g/mol. The van der Waals surface area contributed by atoms with Crippen LogP contribution in [-0.2, 0) is 0 Å². The molecule has 2 rings (SSSR count). The number of likely N-dealkylation sites (tertiary alicyclic amines) is 1. The van der Waals surface area contributed by atoms with Gasteiger partial charge in [0.15, 0.2) is 0 Å². The molecule has 1 saturated heterocycles. The Morgan fingerprint density at radius 1 is 1.47 bits per heavy atom. The van der Waals surface area contributed by atoms with Gasteiger partial charge in [0.1, 0.15) is 6.29 Å². The van der Waals surface area contributed by atoms with E-state index in [1.807, 2.05) is 18.2 Å². The van der Waals surface area contributed by atoms with Gasteiger partial charge in [0.2, 0.25) is 0 Å². The van der Waals surface area contributed by atoms with Crippen LogP contribution in [0.25, 0.3) is 0 Å². The van der Waals surface area contributed by atoms with Crippen LogP contribution in [0, 0.1) is 0 Å². The van der Waals surface area contributed by atoms with Crippen molar-refractivity contribution >= 4 is 6.29 Å². The number of hydrogen-bond acceptors (Lipinski definition) is 2. The molecular formula is C15H21NO. The van der Waals surface area contributed by atoms with Gasteiger partial charge in [-0.15, -0.1) is 0 Å². The van der Waals surface area contributed by atoms with Crippen LogP contribution in [-0.4, -0.2) is 30.8 Å². The maximum atomic E-state index is 10.8. The molecule has 1 aliphatic rings. The Labute approximate surface area is 104 Å². The summed E-state index contributed by atoms with van der Waals surface area (Å²) in [5.41, 5.74) is 2.13. The van der Waals surface area contributed by atoms with E-state index in [1.54, 1.807) is 0 Å². The van der Waals surface area contributed by atoms with E-state index in [9.17, 15) is 4.79 Å². The van der Waals surface area contributed by atoms with Crippen LogP contribution in [0.5, 0.6) is 0 Å². The maximum absolute atomic E-state index is 10.8. The van der Waals surface area contributed by atoms with Crippen LogP contribution < -0.4 is 0 Å². The summed E-state index contributed by atoms with van der Waals surface area (Å²) in [5, 5.41) is 0. The summed E-state index contributed by atoms with van der Waals surface area (Å²) >= 11 is 0. The number of hydrogen-bond donors (Lipinski definition) is 0. The van der Waals surface area contributed by atoms with Crippen LogP contribution >= 0.6 is 0 Å². The van der Waals surface area contributed by atoms with E-state index in [-0.39, 0.29) is 0 Å². The largest absolute Gasteiger partial charge is 0.303 e. The zero-order valence-electron chi connectivity index (χ0n) is 10.6. The minimum atomic E-state index is 0.607. The van der Waals surface area contributed by atoms with Gasteiger partial charge in [-0.1, -0.05) is 25.1 Å². The second-order valence-corrected chi connectivity index (χ2v) is 4.93. The Morgan fingerprint density at radius 2 is 2.35 bits per heavy atom. The lowest BCUT2D eigenvalue weighted by atomic mass is 9.90. The Morgan fingerprint density at radius 3 is 3.12 bits per heavy atom. The minimum absolute atomic E-state index is 0.607. The van der Waals surface area contributed by atoms with Crippen molar-refractivity contribution in [1.29, 1.82) is 0 Å². The zero-order valence-corrected chi connectivity index (χ0v) is 10.6. The minimum Gasteiger partial charge on any atom is -0.303 e. The molecule has 0 amide bonds. The zero-order chi connectivity index (χ0) is 12.1. The van der Waals surface area contributed by atoms with E-state index in [0.29, 0.717) is 5.92 Å². The van der Waals surface area contributed by atoms with Crippen molar-refractivity contribution in [3.05, 3.63) is 35.4 Å². The van der Waals surface area contributed by atoms with Crippen molar-refractivity contribution in [2.45, 2.75) is 32.1 Å². The SMILES string of the molecule is CCCN1CCC[C@@H](c2cccc(C=O)c2)C1. The van der Waals surface area contributed by atoms with E-state index < -0.39 is 0 Å². The van der Waals surface area contributed by atoms with Gasteiger partial charge in [-0.25, -0.2) is 0 Å². The van der Waals surface area contributed by atoms with E-state index in [4.69, 9.17) is 0 Å². The average Bonchev–Trinajstić information content (AvgIpc) is 2.40. The molecule has 1 atom stereocenters. The molecule has 1 heterocycles. The molecule has 1 fully saturated rings. The van der Waals surface area contributed by atoms with Crippen molar-refractivity contribution in [2.24, 2.45) is 0 Å². The lowest BCUT2D eigenvalue weighted by Gasteiger charge is -2.32. The number of nitrogens with zero attached hydrogens (tertiary/aromatic N) is 1. The molecule has 1 aromatic carbocycles. The summed E-state index contributed by atoms with van der Waals surface area (Å²) in [6.07, 6.45) is 4.69. The molecule has 2 heteroatoms. The van der Waals surface area contributed by atoms with Crippen molar-refractivity contribution in [1.82, 2.24) is 4.90 Å². The molecule has 1 aliphatic heterocycles. The van der Waals surface area contributed by atoms with Crippen LogP contribution in [0.2, 0.25) is 0 Å². The summed E-state index contributed by atoms with van der Waals surface area (Å²) in [7, 11) is 0. The fourth-order valence-corrected chi connectivity index (χ4v) is 2.73. The first-order valence-electron chi connectivity index (χ1n) is 6.61. The summed E-state index contributed by atoms with van der Waals surface area (Å²) in [5.74, 6) is 0.607. The second kappa shape index (κ2) is 5.97. The quantitative estimate of drug-likeness (QED) is 0.742. The van der Waals surface area contributed by atoms with Crippen LogP contribution in [0.15, 0.2) is 24.3 Å². The van der Waals surface area contributed by atoms with Gasteiger partial charge in [-0.3, -0.25) is 4.79 Å². The summed E-state index contributed by atoms with van der Waals surface area (Å²) in [6.45, 7) is 5.81. The lowest BCUT2D eigenvalue weighted by molar-refractivity contribution is 0.112. The molecule has 0 aliphatic carbocycles. The molecule has 92 valence electrons. The Balaban J connectivity index is 2.07. The summed E-state index contributed by atoms with van der Waals surface area (Å²) in [4.78, 5) is 13.3. The van der Waals surface area contributed by atoms with Crippen molar-refractivity contribution in [2.75, 3.05) is 19.6 Å². The third-order valence-corrected chi connectivity index (χ3v) is 3.56. The highest BCUT2D eigenvalue weighted by Crippen LogP contribution is 2.27. The fraction of sp³-hybridized carbons (Fsp3) is 0.533. The molecule has 0 saturated carbocycles. The summed E-state index contributed by atoms with van der Waals surface area (Å²) < 4.78 is 0. The molecule has 0 spiro atoms. The first-order chi connectivity index (χ1) is 8.33. The van der Waals surface area contributed by atoms with Crippen LogP contribution in [0.4, 0.5) is 0 Å². The van der Waals surface area contributed by atoms with E-state index in [2.05, 4.69) is 17.9 Å². The Kier molecular flexibility index (Phi) is 4.32. The highest BCUT2D eigenvalue weighted by atomic mass is 16.1. The smallest absolute Gasteiger partial charge is 0.150 e. The van der Waals surface area contributed by atoms with E-state index in [1.165, 1.54) is 37.9 Å². The Bertz CT molecular complexity index is 373. The predicted molar refractivity (Wildman–Crippen MR) is 70.5 cm³/mol. The van der Waals surface area contributed by atoms with Gasteiger partial charge in [0.05, 0.1) is 0 Å². The van der Waals surface area contributed by atoms with E-state index >= 15 is 0 Å². The van der Waals surface area contributed by atoms with Gasteiger partial charge >= 0.3 is 0 Å². The number of benzene rings is 1. The second-order valence-electron chi connectivity index (χ2n) is 4.93. The third-order valence-electron chi connectivity index (χ3n) is 3.56. The number of aldehydes is 1. The first-order valence-corrected chi connectivity index (χ1v) is 6.61. The van der Waals surface area contributed by atoms with Gasteiger partial charge in [0, 0.05) is 12.1 Å². The number of rotatable bonds is 4. The highest BCUT2D eigenvalue weighted by molar-refractivity contribution is 5.75. The molecule has 2 nitrogen and oxygen atoms in total. The molecule has 0 N–H and O–H groups in total. The van der Waals surface area contributed by atoms with Gasteiger partial charge < -0.3 is 4.90 Å². The molecule has 0 unspecified atom stereocenters. The topological polar surface area (TPSA) is 20.3 Å². The molecule has 1 aromatic rings. The average molecular weight is 231 g/mol. The third kappa shape index (κ3) is 3.16. The Hall–Kier alpha value is -1.15. The molecule has 0 bridgehead atoms. The molecule has 0 aromatic heterocycles. The van der Waals surface area contributed by atoms with Gasteiger partial charge in [-0.2, -0.15) is 0 Å². The molecule has 0 radical (unpaired) electrons. The maximum Gasteiger partial charge on any atom is 0.150 e. The molecular weight excluding hydrogens is 210 g/mol. The molecule has 17 heavy (non-hydrogen) atoms. The standard InChI is InChI=1S/C15H21NO/c1-2-8-16-9-4-7-15(11-16)14-6-3-5-13(10-14)12-17/h3,5-6,10,12,15H,2,4,7-9,11H2,1H3/t15-/m1/s1. The van der Waals surface area contributed by atoms with Gasteiger partial charge in [0.25, 0.3) is 0 Å². The highest BCUT2D eigenvalue weighted by Gasteiger charge is 2.20. The summed E-state index contributed by atoms with van der Waals surface area (Å²) in [6, 6.07) is 8.08. The van der Waals surface area contributed by atoms with Crippen molar-refractivity contribution < 1.29 is 4.79 Å².